The van der Waals surface area contributed by atoms with Crippen LogP contribution < -0.4 is 23.7 Å². The number of nitro benzene ring substituents is 1. The van der Waals surface area contributed by atoms with Crippen LogP contribution in [-0.2, 0) is 68.5 Å². The van der Waals surface area contributed by atoms with E-state index in [9.17, 15) is 48.5 Å². The number of non-ortho nitro benzene ring substituents is 1. The van der Waals surface area contributed by atoms with E-state index in [-0.39, 0.29) is 67.5 Å². The fourth-order valence-corrected chi connectivity index (χ4v) is 9.84. The van der Waals surface area contributed by atoms with Gasteiger partial charge in [0.1, 0.15) is 54.9 Å². The largest absolute Gasteiger partial charge is 0.490 e. The lowest BCUT2D eigenvalue weighted by Crippen LogP contribution is -2.30. The molecule has 2 saturated carbocycles. The number of benzene rings is 4. The van der Waals surface area contributed by atoms with Crippen molar-refractivity contribution in [2.45, 2.75) is 70.0 Å². The number of thiazole rings is 1. The van der Waals surface area contributed by atoms with Crippen LogP contribution in [-0.4, -0.2) is 103 Å². The van der Waals surface area contributed by atoms with Crippen molar-refractivity contribution in [3.63, 3.8) is 0 Å². The highest BCUT2D eigenvalue weighted by Gasteiger charge is 2.34. The molecule has 1 heterocycles. The molecule has 25 heteroatoms. The second kappa shape index (κ2) is 31.7. The first kappa shape index (κ1) is 63.7. The molecule has 0 spiro atoms. The Kier molecular flexibility index (Phi) is 23.4. The number of esters is 8. The second-order valence-electron chi connectivity index (χ2n) is 19.4. The van der Waals surface area contributed by atoms with E-state index in [0.29, 0.717) is 84.3 Å². The van der Waals surface area contributed by atoms with Crippen molar-refractivity contribution < 1.29 is 90.6 Å². The lowest BCUT2D eigenvalue weighted by Gasteiger charge is -2.26. The predicted molar refractivity (Wildman–Crippen MR) is 306 cm³/mol. The number of nitrogens with zero attached hydrogens (tertiary/aromatic N) is 4. The van der Waals surface area contributed by atoms with E-state index in [1.165, 1.54) is 48.5 Å². The molecule has 5 aromatic rings. The average Bonchev–Trinajstić information content (AvgIpc) is 2.11. The van der Waals surface area contributed by atoms with Gasteiger partial charge in [0, 0.05) is 42.9 Å². The van der Waals surface area contributed by atoms with Crippen LogP contribution in [0.4, 0.5) is 16.5 Å². The van der Waals surface area contributed by atoms with Crippen LogP contribution in [0.3, 0.4) is 0 Å². The summed E-state index contributed by atoms with van der Waals surface area (Å²) in [6.45, 7) is 12.5. The molecular formula is C61H60N4O20S. The summed E-state index contributed by atoms with van der Waals surface area (Å²) >= 11 is 1.15. The summed E-state index contributed by atoms with van der Waals surface area (Å²) in [5, 5.41) is 19.8. The lowest BCUT2D eigenvalue weighted by atomic mass is 9.82. The number of ether oxygens (including phenoxy) is 10. The van der Waals surface area contributed by atoms with E-state index in [2.05, 4.69) is 41.5 Å². The monoisotopic (exact) mass is 1200 g/mol. The third kappa shape index (κ3) is 19.1. The molecule has 2 aliphatic carbocycles. The fourth-order valence-electron chi connectivity index (χ4n) is 8.90. The summed E-state index contributed by atoms with van der Waals surface area (Å²) in [6.07, 6.45) is 5.21. The van der Waals surface area contributed by atoms with Gasteiger partial charge in [-0.3, -0.25) is 29.3 Å². The first-order valence-corrected chi connectivity index (χ1v) is 27.9. The molecule has 0 saturated heterocycles. The molecule has 2 aliphatic rings. The minimum absolute atomic E-state index is 0.00392. The van der Waals surface area contributed by atoms with Crippen molar-refractivity contribution in [3.05, 3.63) is 151 Å². The number of fused-ring (bicyclic) bond motifs is 1. The Hall–Kier alpha value is -9.91. The van der Waals surface area contributed by atoms with Crippen molar-refractivity contribution in [3.8, 4) is 28.7 Å². The summed E-state index contributed by atoms with van der Waals surface area (Å²) in [7, 11) is 0. The Balaban J connectivity index is 0.897. The van der Waals surface area contributed by atoms with Gasteiger partial charge in [-0.2, -0.15) is 0 Å². The van der Waals surface area contributed by atoms with Gasteiger partial charge >= 0.3 is 47.8 Å². The maximum absolute atomic E-state index is 13.8. The Bertz CT molecular complexity index is 3330. The molecule has 2 unspecified atom stereocenters. The molecule has 2 fully saturated rings. The van der Waals surface area contributed by atoms with Gasteiger partial charge in [-0.05, 0) is 124 Å². The molecule has 0 radical (unpaired) electrons. The molecule has 2 atom stereocenters. The van der Waals surface area contributed by atoms with Crippen LogP contribution >= 0.6 is 11.3 Å². The summed E-state index contributed by atoms with van der Waals surface area (Å²) in [6, 6.07) is 21.1. The molecular weight excluding hydrogens is 1140 g/mol. The lowest BCUT2D eigenvalue weighted by molar-refractivity contribution is -0.384. The maximum atomic E-state index is 13.8. The van der Waals surface area contributed by atoms with Crippen LogP contribution in [0, 0.1) is 33.8 Å². The molecule has 4 aromatic carbocycles. The van der Waals surface area contributed by atoms with Gasteiger partial charge in [0.15, 0.2) is 18.0 Å². The fraction of sp³-hybridized carbons (Fsp3) is 0.328. The Morgan fingerprint density at radius 1 is 0.535 bits per heavy atom. The number of hydrogen-bond donors (Lipinski definition) is 0. The van der Waals surface area contributed by atoms with Crippen molar-refractivity contribution in [1.29, 1.82) is 0 Å². The normalized spacial score (nSPS) is 17.0. The molecule has 0 N–H and O–H groups in total. The maximum Gasteiger partial charge on any atom is 0.330 e. The highest BCUT2D eigenvalue weighted by Crippen LogP contribution is 2.39. The van der Waals surface area contributed by atoms with Crippen LogP contribution in [0.2, 0.25) is 0 Å². The summed E-state index contributed by atoms with van der Waals surface area (Å²) in [5.74, 6) is -5.28. The van der Waals surface area contributed by atoms with Gasteiger partial charge in [0.05, 0.1) is 45.6 Å². The SMILES string of the molecule is C=CC(=O)OCC(COc1ccc(OC(=O)C2CCC(C(=O)OCCc3ccc(OC(=O)C4CCC(C(=O)Oc5ccc(OCC(COC(=O)C=C)OC(=O)C=C)cc5)CC4)c4nc(N=Nc5ccc([N+](=O)[O-])cc5)sc34)CC2)cc1)OC(=O)C=C. The van der Waals surface area contributed by atoms with E-state index in [4.69, 9.17) is 47.4 Å². The highest BCUT2D eigenvalue weighted by molar-refractivity contribution is 7.22. The Labute approximate surface area is 496 Å². The van der Waals surface area contributed by atoms with E-state index >= 15 is 0 Å². The molecule has 24 nitrogen and oxygen atoms in total. The van der Waals surface area contributed by atoms with Crippen LogP contribution in [0.15, 0.2) is 146 Å². The molecule has 0 amide bonds. The first-order chi connectivity index (χ1) is 41.5. The number of carbonyl (C=O) groups excluding carboxylic acids is 8. The number of hydrogen-bond acceptors (Lipinski definition) is 24. The van der Waals surface area contributed by atoms with E-state index in [1.54, 1.807) is 36.4 Å². The average molecular weight is 1200 g/mol. The van der Waals surface area contributed by atoms with Crippen molar-refractivity contribution in [2.24, 2.45) is 33.9 Å². The smallest absolute Gasteiger partial charge is 0.330 e. The quantitative estimate of drug-likeness (QED) is 0.00817. The van der Waals surface area contributed by atoms with Crippen molar-refractivity contribution in [1.82, 2.24) is 4.98 Å². The van der Waals surface area contributed by atoms with Gasteiger partial charge in [0.2, 0.25) is 5.13 Å². The minimum Gasteiger partial charge on any atom is -0.490 e. The predicted octanol–water partition coefficient (Wildman–Crippen LogP) is 9.85. The van der Waals surface area contributed by atoms with Gasteiger partial charge in [-0.15, -0.1) is 10.2 Å². The first-order valence-electron chi connectivity index (χ1n) is 27.1. The molecule has 0 aliphatic heterocycles. The third-order valence-electron chi connectivity index (χ3n) is 13.5. The van der Waals surface area contributed by atoms with Crippen LogP contribution in [0.1, 0.15) is 56.9 Å². The third-order valence-corrected chi connectivity index (χ3v) is 14.5. The molecule has 7 rings (SSSR count). The van der Waals surface area contributed by atoms with E-state index < -0.39 is 88.6 Å². The Morgan fingerprint density at radius 2 is 0.965 bits per heavy atom. The van der Waals surface area contributed by atoms with Crippen molar-refractivity contribution in [2.75, 3.05) is 33.0 Å². The second-order valence-corrected chi connectivity index (χ2v) is 20.4. The Morgan fingerprint density at radius 3 is 1.41 bits per heavy atom. The minimum atomic E-state index is -0.940. The number of rotatable bonds is 29. The summed E-state index contributed by atoms with van der Waals surface area (Å²) in [5.41, 5.74) is 1.22. The van der Waals surface area contributed by atoms with Gasteiger partial charge < -0.3 is 47.4 Å². The standard InChI is InChI=1S/C61H60N4O20S/c1-5-51(66)79-35-48(81-53(68)7-3)33-77-44-22-26-46(27-23-44)83-58(71)39-11-9-38(10-12-39)57(70)76-32-31-37-17-30-50(55-56(37)86-61(62-55)64-63-42-18-20-43(21-19-42)65(74)75)85-60(73)41-15-13-40(14-16-41)59(72)84-47-28-24-45(25-29-47)78-34-49(82-54(69)8-4)36-80-52(67)6-2/h5-8,17-30,38-41,48-49H,1-4,9-16,31-36H2. The molecule has 1 aromatic heterocycles. The van der Waals surface area contributed by atoms with Crippen LogP contribution in [0.25, 0.3) is 10.2 Å². The topological polar surface area (TPSA) is 310 Å². The zero-order chi connectivity index (χ0) is 61.5. The molecule has 450 valence electrons. The summed E-state index contributed by atoms with van der Waals surface area (Å²) in [4.78, 5) is 115. The van der Waals surface area contributed by atoms with E-state index in [0.717, 1.165) is 35.6 Å². The highest BCUT2D eigenvalue weighted by atomic mass is 32.1. The van der Waals surface area contributed by atoms with Gasteiger partial charge in [-0.25, -0.2) is 24.2 Å². The van der Waals surface area contributed by atoms with Crippen LogP contribution in [0.5, 0.6) is 28.7 Å². The van der Waals surface area contributed by atoms with Crippen molar-refractivity contribution >= 4 is 85.8 Å². The van der Waals surface area contributed by atoms with Gasteiger partial charge in [-0.1, -0.05) is 43.7 Å². The molecule has 0 bridgehead atoms. The molecule has 86 heavy (non-hydrogen) atoms. The number of carbonyl (C=O) groups is 8. The van der Waals surface area contributed by atoms with E-state index in [1.807, 2.05) is 0 Å². The number of nitro groups is 1. The number of azo groups is 1. The zero-order valence-corrected chi connectivity index (χ0v) is 47.3. The zero-order valence-electron chi connectivity index (χ0n) is 46.4. The van der Waals surface area contributed by atoms with Gasteiger partial charge in [0.25, 0.3) is 5.69 Å². The summed E-state index contributed by atoms with van der Waals surface area (Å²) < 4.78 is 55.3. The number of aromatic nitrogens is 1.